The zero-order valence-corrected chi connectivity index (χ0v) is 17.5. The molecule has 29 heavy (non-hydrogen) atoms. The van der Waals surface area contributed by atoms with Crippen molar-refractivity contribution in [3.8, 4) is 0 Å². The van der Waals surface area contributed by atoms with Gasteiger partial charge in [0, 0.05) is 63.2 Å². The number of nitrogens with zero attached hydrogens (tertiary/aromatic N) is 3. The van der Waals surface area contributed by atoms with Gasteiger partial charge in [-0.15, -0.1) is 0 Å². The molecular weight excluding hydrogens is 364 g/mol. The molecule has 6 nitrogen and oxygen atoms in total. The summed E-state index contributed by atoms with van der Waals surface area (Å²) in [5.74, 6) is 0.109. The number of fused-ring (bicyclic) bond motifs is 2. The molecule has 156 valence electrons. The molecule has 2 aliphatic rings. The van der Waals surface area contributed by atoms with E-state index in [0.717, 1.165) is 57.7 Å². The first-order valence-electron chi connectivity index (χ1n) is 11.0. The smallest absolute Gasteiger partial charge is 0.220 e. The molecule has 0 saturated heterocycles. The Bertz CT molecular complexity index is 845. The van der Waals surface area contributed by atoms with Crippen LogP contribution in [0.15, 0.2) is 24.3 Å². The lowest BCUT2D eigenvalue weighted by Crippen LogP contribution is -2.37. The number of hydrogen-bond donors (Lipinski definition) is 1. The Balaban J connectivity index is 1.23. The molecule has 2 aromatic rings. The zero-order chi connectivity index (χ0) is 20.1. The fourth-order valence-corrected chi connectivity index (χ4v) is 4.39. The van der Waals surface area contributed by atoms with Crippen LogP contribution >= 0.6 is 0 Å². The van der Waals surface area contributed by atoms with Crippen molar-refractivity contribution >= 4 is 5.91 Å². The summed E-state index contributed by atoms with van der Waals surface area (Å²) in [5, 5.41) is 7.87. The van der Waals surface area contributed by atoms with Crippen molar-refractivity contribution in [2.45, 2.75) is 58.7 Å². The molecule has 0 aliphatic carbocycles. The van der Waals surface area contributed by atoms with Gasteiger partial charge in [0.1, 0.15) is 0 Å². The van der Waals surface area contributed by atoms with Crippen LogP contribution in [0.2, 0.25) is 0 Å². The molecule has 1 amide bonds. The van der Waals surface area contributed by atoms with Gasteiger partial charge in [-0.05, 0) is 24.0 Å². The van der Waals surface area contributed by atoms with E-state index < -0.39 is 0 Å². The summed E-state index contributed by atoms with van der Waals surface area (Å²) in [5.41, 5.74) is 6.43. The Labute approximate surface area is 173 Å². The summed E-state index contributed by atoms with van der Waals surface area (Å²) in [6.45, 7) is 8.15. The van der Waals surface area contributed by atoms with Crippen LogP contribution in [-0.4, -0.2) is 46.8 Å². The van der Waals surface area contributed by atoms with Crippen LogP contribution in [0.25, 0.3) is 0 Å². The number of hydrogen-bond acceptors (Lipinski definition) is 4. The highest BCUT2D eigenvalue weighted by molar-refractivity contribution is 5.76. The summed E-state index contributed by atoms with van der Waals surface area (Å²) in [6, 6.07) is 8.65. The van der Waals surface area contributed by atoms with Gasteiger partial charge in [0.2, 0.25) is 5.91 Å². The van der Waals surface area contributed by atoms with E-state index in [9.17, 15) is 4.79 Å². The molecule has 0 radical (unpaired) electrons. The minimum absolute atomic E-state index is 0.109. The van der Waals surface area contributed by atoms with Gasteiger partial charge in [-0.25, -0.2) is 0 Å². The number of nitrogens with one attached hydrogen (secondary N) is 1. The second kappa shape index (κ2) is 9.55. The number of benzene rings is 1. The fourth-order valence-electron chi connectivity index (χ4n) is 4.39. The number of amides is 1. The van der Waals surface area contributed by atoms with Crippen LogP contribution in [-0.2, 0) is 48.5 Å². The molecule has 2 aliphatic heterocycles. The van der Waals surface area contributed by atoms with E-state index in [1.54, 1.807) is 0 Å². The molecule has 4 rings (SSSR count). The van der Waals surface area contributed by atoms with Crippen molar-refractivity contribution in [3.05, 3.63) is 52.3 Å². The third-order valence-corrected chi connectivity index (χ3v) is 5.96. The molecule has 1 aromatic carbocycles. The molecule has 1 aromatic heterocycles. The molecule has 0 saturated carbocycles. The summed E-state index contributed by atoms with van der Waals surface area (Å²) in [4.78, 5) is 14.8. The molecule has 0 atom stereocenters. The van der Waals surface area contributed by atoms with Crippen LogP contribution in [0.3, 0.4) is 0 Å². The lowest BCUT2D eigenvalue weighted by atomic mass is 10.00. The Morgan fingerprint density at radius 3 is 2.93 bits per heavy atom. The standard InChI is InChI=1S/C23H32N4O2/c1-2-12-27-22-10-15-29-17-20(22)21(25-27)7-8-23(28)24-11-14-26-13-9-18-5-3-4-6-19(18)16-26/h3-6H,2,7-17H2,1H3,(H,24,28). The second-order valence-corrected chi connectivity index (χ2v) is 8.04. The second-order valence-electron chi connectivity index (χ2n) is 8.04. The van der Waals surface area contributed by atoms with Crippen molar-refractivity contribution in [3.63, 3.8) is 0 Å². The van der Waals surface area contributed by atoms with E-state index in [0.29, 0.717) is 26.0 Å². The molecule has 0 spiro atoms. The minimum Gasteiger partial charge on any atom is -0.376 e. The molecule has 0 bridgehead atoms. The van der Waals surface area contributed by atoms with Crippen molar-refractivity contribution in [2.75, 3.05) is 26.2 Å². The first-order chi connectivity index (χ1) is 14.2. The molecule has 6 heteroatoms. The normalized spacial score (nSPS) is 16.3. The van der Waals surface area contributed by atoms with Crippen LogP contribution in [0.4, 0.5) is 0 Å². The van der Waals surface area contributed by atoms with Crippen LogP contribution in [0.5, 0.6) is 0 Å². The molecular formula is C23H32N4O2. The number of ether oxygens (including phenoxy) is 1. The highest BCUT2D eigenvalue weighted by atomic mass is 16.5. The number of carbonyl (C=O) groups is 1. The highest BCUT2D eigenvalue weighted by Gasteiger charge is 2.21. The Hall–Kier alpha value is -2.18. The Kier molecular flexibility index (Phi) is 6.62. The molecule has 1 N–H and O–H groups in total. The third-order valence-electron chi connectivity index (χ3n) is 5.96. The van der Waals surface area contributed by atoms with Crippen molar-refractivity contribution in [1.82, 2.24) is 20.0 Å². The van der Waals surface area contributed by atoms with Crippen LogP contribution in [0, 0.1) is 0 Å². The molecule has 3 heterocycles. The summed E-state index contributed by atoms with van der Waals surface area (Å²) < 4.78 is 7.76. The van der Waals surface area contributed by atoms with E-state index in [-0.39, 0.29) is 5.91 Å². The number of carbonyl (C=O) groups excluding carboxylic acids is 1. The number of aromatic nitrogens is 2. The Morgan fingerprint density at radius 2 is 2.07 bits per heavy atom. The zero-order valence-electron chi connectivity index (χ0n) is 17.5. The van der Waals surface area contributed by atoms with Gasteiger partial charge >= 0.3 is 0 Å². The quantitative estimate of drug-likeness (QED) is 0.745. The molecule has 0 fully saturated rings. The van der Waals surface area contributed by atoms with E-state index >= 15 is 0 Å². The minimum atomic E-state index is 0.109. The first-order valence-corrected chi connectivity index (χ1v) is 11.0. The summed E-state index contributed by atoms with van der Waals surface area (Å²) in [7, 11) is 0. The average molecular weight is 397 g/mol. The Morgan fingerprint density at radius 1 is 1.21 bits per heavy atom. The first kappa shape index (κ1) is 20.1. The van der Waals surface area contributed by atoms with Gasteiger partial charge in [0.05, 0.1) is 18.9 Å². The largest absolute Gasteiger partial charge is 0.376 e. The predicted molar refractivity (Wildman–Crippen MR) is 113 cm³/mol. The fraction of sp³-hybridized carbons (Fsp3) is 0.565. The molecule has 0 unspecified atom stereocenters. The van der Waals surface area contributed by atoms with E-state index in [2.05, 4.69) is 46.1 Å². The van der Waals surface area contributed by atoms with Crippen LogP contribution < -0.4 is 5.32 Å². The van der Waals surface area contributed by atoms with Gasteiger partial charge in [-0.3, -0.25) is 14.4 Å². The lowest BCUT2D eigenvalue weighted by Gasteiger charge is -2.28. The van der Waals surface area contributed by atoms with E-state index in [1.807, 2.05) is 0 Å². The van der Waals surface area contributed by atoms with Gasteiger partial charge < -0.3 is 10.1 Å². The maximum absolute atomic E-state index is 12.4. The third kappa shape index (κ3) is 4.87. The van der Waals surface area contributed by atoms with Crippen LogP contribution in [0.1, 0.15) is 47.8 Å². The lowest BCUT2D eigenvalue weighted by molar-refractivity contribution is -0.121. The van der Waals surface area contributed by atoms with Gasteiger partial charge in [0.25, 0.3) is 0 Å². The number of aryl methyl sites for hydroxylation is 2. The predicted octanol–water partition coefficient (Wildman–Crippen LogP) is 2.47. The highest BCUT2D eigenvalue weighted by Crippen LogP contribution is 2.22. The number of rotatable bonds is 8. The maximum Gasteiger partial charge on any atom is 0.220 e. The summed E-state index contributed by atoms with van der Waals surface area (Å²) >= 11 is 0. The van der Waals surface area contributed by atoms with Gasteiger partial charge in [-0.2, -0.15) is 5.10 Å². The van der Waals surface area contributed by atoms with E-state index in [4.69, 9.17) is 9.84 Å². The summed E-state index contributed by atoms with van der Waals surface area (Å²) in [6.07, 6.45) is 4.25. The monoisotopic (exact) mass is 396 g/mol. The van der Waals surface area contributed by atoms with E-state index in [1.165, 1.54) is 22.4 Å². The topological polar surface area (TPSA) is 59.4 Å². The van der Waals surface area contributed by atoms with Crippen molar-refractivity contribution in [1.29, 1.82) is 0 Å². The van der Waals surface area contributed by atoms with Gasteiger partial charge in [0.15, 0.2) is 0 Å². The van der Waals surface area contributed by atoms with Crippen molar-refractivity contribution in [2.24, 2.45) is 0 Å². The van der Waals surface area contributed by atoms with Crippen molar-refractivity contribution < 1.29 is 9.53 Å². The average Bonchev–Trinajstić information content (AvgIpc) is 3.10. The SMILES string of the molecule is CCCn1nc(CCC(=O)NCCN2CCc3ccccc3C2)c2c1CCOC2. The maximum atomic E-state index is 12.4. The van der Waals surface area contributed by atoms with Gasteiger partial charge in [-0.1, -0.05) is 31.2 Å².